The van der Waals surface area contributed by atoms with Crippen molar-refractivity contribution in [1.82, 2.24) is 0 Å². The van der Waals surface area contributed by atoms with Crippen molar-refractivity contribution in [3.63, 3.8) is 0 Å². The Hall–Kier alpha value is -1.03. The van der Waals surface area contributed by atoms with Gasteiger partial charge in [-0.1, -0.05) is 6.08 Å². The molecule has 0 spiro atoms. The van der Waals surface area contributed by atoms with E-state index in [1.165, 1.54) is 7.11 Å². The van der Waals surface area contributed by atoms with Crippen molar-refractivity contribution in [2.45, 2.75) is 18.9 Å². The van der Waals surface area contributed by atoms with Gasteiger partial charge in [0.15, 0.2) is 0 Å². The van der Waals surface area contributed by atoms with Gasteiger partial charge < -0.3 is 14.2 Å². The molecular weight excluding hydrogens is 172 g/mol. The molecule has 74 valence electrons. The third kappa shape index (κ3) is 3.94. The van der Waals surface area contributed by atoms with Gasteiger partial charge in [0.2, 0.25) is 0 Å². The Morgan fingerprint density at radius 1 is 1.54 bits per heavy atom. The summed E-state index contributed by atoms with van der Waals surface area (Å²) < 4.78 is 14.6. The first-order chi connectivity index (χ1) is 6.33. The molecule has 1 atom stereocenters. The van der Waals surface area contributed by atoms with Crippen LogP contribution in [0.2, 0.25) is 0 Å². The minimum absolute atomic E-state index is 0.215. The fourth-order valence-corrected chi connectivity index (χ4v) is 1.07. The van der Waals surface area contributed by atoms with Crippen LogP contribution in [0.15, 0.2) is 12.2 Å². The number of rotatable bonds is 1. The molecule has 1 aliphatic rings. The summed E-state index contributed by atoms with van der Waals surface area (Å²) in [6.45, 7) is 1.35. The van der Waals surface area contributed by atoms with Crippen LogP contribution < -0.4 is 0 Å². The van der Waals surface area contributed by atoms with Crippen molar-refractivity contribution in [1.29, 1.82) is 0 Å². The highest BCUT2D eigenvalue weighted by Gasteiger charge is 2.12. The number of carbonyl (C=O) groups is 1. The molecule has 0 aliphatic carbocycles. The monoisotopic (exact) mass is 186 g/mol. The third-order valence-corrected chi connectivity index (χ3v) is 1.74. The SMILES string of the molecule is COC(=O)OC1/C=C/CCOCC1. The van der Waals surface area contributed by atoms with E-state index in [4.69, 9.17) is 9.47 Å². The van der Waals surface area contributed by atoms with E-state index in [2.05, 4.69) is 4.74 Å². The number of hydrogen-bond acceptors (Lipinski definition) is 4. The summed E-state index contributed by atoms with van der Waals surface area (Å²) in [6.07, 6.45) is 4.52. The molecule has 4 nitrogen and oxygen atoms in total. The highest BCUT2D eigenvalue weighted by Crippen LogP contribution is 2.06. The molecule has 1 aliphatic heterocycles. The Labute approximate surface area is 77.5 Å². The van der Waals surface area contributed by atoms with E-state index in [1.54, 1.807) is 0 Å². The quantitative estimate of drug-likeness (QED) is 0.460. The molecule has 0 bridgehead atoms. The molecular formula is C9H14O4. The summed E-state index contributed by atoms with van der Waals surface area (Å²) in [4.78, 5) is 10.8. The number of hydrogen-bond donors (Lipinski definition) is 0. The summed E-state index contributed by atoms with van der Waals surface area (Å²) in [5.74, 6) is 0. The summed E-state index contributed by atoms with van der Waals surface area (Å²) >= 11 is 0. The predicted molar refractivity (Wildman–Crippen MR) is 46.5 cm³/mol. The van der Waals surface area contributed by atoms with E-state index >= 15 is 0 Å². The van der Waals surface area contributed by atoms with E-state index in [-0.39, 0.29) is 6.10 Å². The molecule has 0 amide bonds. The molecule has 0 saturated carbocycles. The zero-order valence-corrected chi connectivity index (χ0v) is 7.69. The van der Waals surface area contributed by atoms with Gasteiger partial charge in [0.25, 0.3) is 0 Å². The topological polar surface area (TPSA) is 44.8 Å². The van der Waals surface area contributed by atoms with Crippen LogP contribution in [0.1, 0.15) is 12.8 Å². The van der Waals surface area contributed by atoms with E-state index < -0.39 is 6.16 Å². The second kappa shape index (κ2) is 5.59. The standard InChI is InChI=1S/C9H14O4/c1-11-9(10)13-8-4-2-3-6-12-7-5-8/h2,4,8H,3,5-7H2,1H3/b4-2+. The van der Waals surface area contributed by atoms with Gasteiger partial charge in [0.05, 0.1) is 20.3 Å². The van der Waals surface area contributed by atoms with Gasteiger partial charge in [0, 0.05) is 6.42 Å². The van der Waals surface area contributed by atoms with Gasteiger partial charge in [-0.3, -0.25) is 0 Å². The maximum Gasteiger partial charge on any atom is 0.508 e. The zero-order valence-electron chi connectivity index (χ0n) is 7.69. The summed E-state index contributed by atoms with van der Waals surface area (Å²) in [7, 11) is 1.30. The maximum atomic E-state index is 10.8. The molecule has 1 rings (SSSR count). The molecule has 0 aromatic carbocycles. The van der Waals surface area contributed by atoms with E-state index in [9.17, 15) is 4.79 Å². The average molecular weight is 186 g/mol. The Bertz CT molecular complexity index is 188. The number of carbonyl (C=O) groups excluding carboxylic acids is 1. The highest BCUT2D eigenvalue weighted by molar-refractivity contribution is 5.60. The molecule has 0 aromatic heterocycles. The lowest BCUT2D eigenvalue weighted by Gasteiger charge is -2.15. The van der Waals surface area contributed by atoms with Gasteiger partial charge >= 0.3 is 6.16 Å². The first kappa shape index (κ1) is 10.1. The average Bonchev–Trinajstić information content (AvgIpc) is 2.09. The van der Waals surface area contributed by atoms with Crippen LogP contribution in [0.4, 0.5) is 4.79 Å². The van der Waals surface area contributed by atoms with Crippen LogP contribution in [0.5, 0.6) is 0 Å². The smallest absolute Gasteiger partial charge is 0.438 e. The lowest BCUT2D eigenvalue weighted by atomic mass is 10.2. The van der Waals surface area contributed by atoms with Crippen molar-refractivity contribution in [3.8, 4) is 0 Å². The molecule has 1 heterocycles. The molecule has 0 saturated heterocycles. The maximum absolute atomic E-state index is 10.8. The van der Waals surface area contributed by atoms with Crippen molar-refractivity contribution < 1.29 is 19.0 Å². The van der Waals surface area contributed by atoms with E-state index in [1.807, 2.05) is 12.2 Å². The van der Waals surface area contributed by atoms with Crippen LogP contribution in [0, 0.1) is 0 Å². The van der Waals surface area contributed by atoms with E-state index in [0.29, 0.717) is 13.0 Å². The van der Waals surface area contributed by atoms with Crippen molar-refractivity contribution in [3.05, 3.63) is 12.2 Å². The van der Waals surface area contributed by atoms with Gasteiger partial charge in [-0.05, 0) is 12.5 Å². The van der Waals surface area contributed by atoms with Gasteiger partial charge in [-0.25, -0.2) is 4.79 Å². The summed E-state index contributed by atoms with van der Waals surface area (Å²) in [5.41, 5.74) is 0. The first-order valence-electron chi connectivity index (χ1n) is 4.32. The van der Waals surface area contributed by atoms with Crippen molar-refractivity contribution >= 4 is 6.16 Å². The van der Waals surface area contributed by atoms with Crippen LogP contribution >= 0.6 is 0 Å². The van der Waals surface area contributed by atoms with Crippen LogP contribution in [-0.2, 0) is 14.2 Å². The fraction of sp³-hybridized carbons (Fsp3) is 0.667. The summed E-state index contributed by atoms with van der Waals surface area (Å²) in [5, 5.41) is 0. The van der Waals surface area contributed by atoms with Gasteiger partial charge in [0.1, 0.15) is 6.10 Å². The van der Waals surface area contributed by atoms with Crippen molar-refractivity contribution in [2.24, 2.45) is 0 Å². The molecule has 0 fully saturated rings. The van der Waals surface area contributed by atoms with Crippen molar-refractivity contribution in [2.75, 3.05) is 20.3 Å². The summed E-state index contributed by atoms with van der Waals surface area (Å²) in [6, 6.07) is 0. The largest absolute Gasteiger partial charge is 0.508 e. The molecule has 0 radical (unpaired) electrons. The second-order valence-corrected chi connectivity index (χ2v) is 2.73. The normalized spacial score (nSPS) is 25.5. The second-order valence-electron chi connectivity index (χ2n) is 2.73. The minimum Gasteiger partial charge on any atom is -0.438 e. The predicted octanol–water partition coefficient (Wildman–Crippen LogP) is 1.50. The Morgan fingerprint density at radius 2 is 2.38 bits per heavy atom. The molecule has 0 N–H and O–H groups in total. The fourth-order valence-electron chi connectivity index (χ4n) is 1.07. The Morgan fingerprint density at radius 3 is 3.15 bits per heavy atom. The molecule has 4 heteroatoms. The van der Waals surface area contributed by atoms with Gasteiger partial charge in [-0.15, -0.1) is 0 Å². The van der Waals surface area contributed by atoms with Crippen LogP contribution in [0.3, 0.4) is 0 Å². The van der Waals surface area contributed by atoms with Gasteiger partial charge in [-0.2, -0.15) is 0 Å². The Balaban J connectivity index is 2.37. The Kier molecular flexibility index (Phi) is 4.32. The zero-order chi connectivity index (χ0) is 9.52. The molecule has 0 aromatic rings. The lowest BCUT2D eigenvalue weighted by Crippen LogP contribution is -2.19. The molecule has 1 unspecified atom stereocenters. The highest BCUT2D eigenvalue weighted by atomic mass is 16.7. The number of methoxy groups -OCH3 is 1. The molecule has 13 heavy (non-hydrogen) atoms. The number of ether oxygens (including phenoxy) is 3. The minimum atomic E-state index is -0.643. The van der Waals surface area contributed by atoms with Crippen LogP contribution in [0.25, 0.3) is 0 Å². The lowest BCUT2D eigenvalue weighted by molar-refractivity contribution is 0.0338. The third-order valence-electron chi connectivity index (χ3n) is 1.74. The first-order valence-corrected chi connectivity index (χ1v) is 4.32. The van der Waals surface area contributed by atoms with Crippen LogP contribution in [-0.4, -0.2) is 32.6 Å². The van der Waals surface area contributed by atoms with E-state index in [0.717, 1.165) is 13.0 Å².